The molecule has 0 spiro atoms. The number of urea groups is 1. The molecule has 8 nitrogen and oxygen atoms in total. The fourth-order valence-corrected chi connectivity index (χ4v) is 4.07. The van der Waals surface area contributed by atoms with E-state index in [9.17, 15) is 14.4 Å². The van der Waals surface area contributed by atoms with Gasteiger partial charge in [-0.05, 0) is 30.2 Å². The van der Waals surface area contributed by atoms with Crippen LogP contribution in [-0.2, 0) is 16.1 Å². The number of imide groups is 1. The summed E-state index contributed by atoms with van der Waals surface area (Å²) in [6, 6.07) is 11.7. The lowest BCUT2D eigenvalue weighted by Gasteiger charge is -2.35. The van der Waals surface area contributed by atoms with Crippen molar-refractivity contribution in [1.29, 1.82) is 0 Å². The van der Waals surface area contributed by atoms with E-state index in [4.69, 9.17) is 11.6 Å². The number of halogens is 1. The highest BCUT2D eigenvalue weighted by atomic mass is 35.5. The summed E-state index contributed by atoms with van der Waals surface area (Å²) in [6.07, 6.45) is 2.25. The molecule has 3 heterocycles. The molecule has 2 fully saturated rings. The zero-order valence-corrected chi connectivity index (χ0v) is 17.8. The fraction of sp³-hybridized carbons (Fsp3) is 0.364. The van der Waals surface area contributed by atoms with Crippen molar-refractivity contribution in [3.05, 3.63) is 59.2 Å². The fourth-order valence-electron chi connectivity index (χ4n) is 3.87. The van der Waals surface area contributed by atoms with Gasteiger partial charge in [-0.2, -0.15) is 0 Å². The number of anilines is 1. The lowest BCUT2D eigenvalue weighted by atomic mass is 10.1. The van der Waals surface area contributed by atoms with E-state index in [1.807, 2.05) is 29.2 Å². The first kappa shape index (κ1) is 21.1. The highest BCUT2D eigenvalue weighted by Gasteiger charge is 2.38. The predicted octanol–water partition coefficient (Wildman–Crippen LogP) is 2.28. The molecule has 0 unspecified atom stereocenters. The zero-order valence-electron chi connectivity index (χ0n) is 17.0. The first-order chi connectivity index (χ1) is 15.0. The van der Waals surface area contributed by atoms with Crippen LogP contribution in [0.1, 0.15) is 18.4 Å². The van der Waals surface area contributed by atoms with Crippen LogP contribution in [0.25, 0.3) is 0 Å². The molecule has 1 aromatic heterocycles. The highest BCUT2D eigenvalue weighted by molar-refractivity contribution is 6.31. The number of hydrogen-bond donors (Lipinski definition) is 1. The SMILES string of the molecule is O=C(CC[C@H]1NC(=O)N(Cc2ccccc2Cl)C1=O)N1CCN(c2ccccn2)CC1. The molecule has 2 aliphatic heterocycles. The molecular weight excluding hydrogens is 418 g/mol. The number of benzene rings is 1. The molecule has 4 amide bonds. The summed E-state index contributed by atoms with van der Waals surface area (Å²) in [5.41, 5.74) is 0.704. The second-order valence-electron chi connectivity index (χ2n) is 7.61. The van der Waals surface area contributed by atoms with Gasteiger partial charge in [-0.3, -0.25) is 14.5 Å². The smallest absolute Gasteiger partial charge is 0.325 e. The number of nitrogens with one attached hydrogen (secondary N) is 1. The Morgan fingerprint density at radius 1 is 1.06 bits per heavy atom. The maximum absolute atomic E-state index is 12.7. The first-order valence-corrected chi connectivity index (χ1v) is 10.7. The average molecular weight is 442 g/mol. The van der Waals surface area contributed by atoms with E-state index >= 15 is 0 Å². The molecule has 0 saturated carbocycles. The number of pyridine rings is 1. The Kier molecular flexibility index (Phi) is 6.36. The third-order valence-electron chi connectivity index (χ3n) is 5.65. The Bertz CT molecular complexity index is 963. The molecule has 4 rings (SSSR count). The highest BCUT2D eigenvalue weighted by Crippen LogP contribution is 2.21. The maximum Gasteiger partial charge on any atom is 0.325 e. The molecule has 2 saturated heterocycles. The molecule has 1 N–H and O–H groups in total. The third-order valence-corrected chi connectivity index (χ3v) is 6.01. The monoisotopic (exact) mass is 441 g/mol. The van der Waals surface area contributed by atoms with E-state index in [2.05, 4.69) is 15.2 Å². The van der Waals surface area contributed by atoms with Crippen molar-refractivity contribution in [2.45, 2.75) is 25.4 Å². The number of piperazine rings is 1. The molecule has 31 heavy (non-hydrogen) atoms. The predicted molar refractivity (Wildman–Crippen MR) is 117 cm³/mol. The third kappa shape index (κ3) is 4.80. The van der Waals surface area contributed by atoms with Gasteiger partial charge in [0.1, 0.15) is 11.9 Å². The van der Waals surface area contributed by atoms with E-state index in [1.165, 1.54) is 0 Å². The van der Waals surface area contributed by atoms with Crippen LogP contribution in [0.4, 0.5) is 10.6 Å². The summed E-state index contributed by atoms with van der Waals surface area (Å²) >= 11 is 6.15. The summed E-state index contributed by atoms with van der Waals surface area (Å²) < 4.78 is 0. The Morgan fingerprint density at radius 3 is 2.52 bits per heavy atom. The van der Waals surface area contributed by atoms with Crippen molar-refractivity contribution < 1.29 is 14.4 Å². The van der Waals surface area contributed by atoms with E-state index in [0.717, 1.165) is 10.7 Å². The second-order valence-corrected chi connectivity index (χ2v) is 8.02. The van der Waals surface area contributed by atoms with Crippen molar-refractivity contribution in [3.8, 4) is 0 Å². The molecule has 0 radical (unpaired) electrons. The van der Waals surface area contributed by atoms with Gasteiger partial charge in [0.05, 0.1) is 6.54 Å². The summed E-state index contributed by atoms with van der Waals surface area (Å²) in [7, 11) is 0. The molecule has 0 aliphatic carbocycles. The van der Waals surface area contributed by atoms with Crippen molar-refractivity contribution in [3.63, 3.8) is 0 Å². The second kappa shape index (κ2) is 9.34. The number of rotatable bonds is 6. The zero-order chi connectivity index (χ0) is 21.8. The largest absolute Gasteiger partial charge is 0.353 e. The van der Waals surface area contributed by atoms with Crippen LogP contribution < -0.4 is 10.2 Å². The van der Waals surface area contributed by atoms with Crippen LogP contribution in [0.5, 0.6) is 0 Å². The van der Waals surface area contributed by atoms with Gasteiger partial charge in [0.2, 0.25) is 5.91 Å². The minimum absolute atomic E-state index is 0.00715. The Balaban J connectivity index is 1.26. The molecule has 162 valence electrons. The minimum Gasteiger partial charge on any atom is -0.353 e. The Morgan fingerprint density at radius 2 is 1.81 bits per heavy atom. The molecular formula is C22H24ClN5O3. The molecule has 2 aromatic rings. The lowest BCUT2D eigenvalue weighted by molar-refractivity contribution is -0.132. The van der Waals surface area contributed by atoms with E-state index in [-0.39, 0.29) is 31.2 Å². The molecule has 1 atom stereocenters. The van der Waals surface area contributed by atoms with Crippen LogP contribution in [0.15, 0.2) is 48.7 Å². The molecule has 0 bridgehead atoms. The summed E-state index contributed by atoms with van der Waals surface area (Å²) in [4.78, 5) is 47.1. The van der Waals surface area contributed by atoms with Crippen LogP contribution in [0.2, 0.25) is 5.02 Å². The molecule has 2 aliphatic rings. The summed E-state index contributed by atoms with van der Waals surface area (Å²) in [5, 5.41) is 3.19. The van der Waals surface area contributed by atoms with Gasteiger partial charge in [0, 0.05) is 43.8 Å². The first-order valence-electron chi connectivity index (χ1n) is 10.3. The van der Waals surface area contributed by atoms with E-state index < -0.39 is 12.1 Å². The standard InChI is InChI=1S/C22H24ClN5O3/c23-17-6-2-1-5-16(17)15-28-21(30)18(25-22(28)31)8-9-20(29)27-13-11-26(12-14-27)19-7-3-4-10-24-19/h1-7,10,18H,8-9,11-15H2,(H,25,31)/t18-/m1/s1. The van der Waals surface area contributed by atoms with Crippen LogP contribution in [-0.4, -0.2) is 64.9 Å². The van der Waals surface area contributed by atoms with Gasteiger partial charge in [0.25, 0.3) is 5.91 Å². The van der Waals surface area contributed by atoms with Gasteiger partial charge in [0.15, 0.2) is 0 Å². The number of nitrogens with zero attached hydrogens (tertiary/aromatic N) is 4. The minimum atomic E-state index is -0.686. The molecule has 9 heteroatoms. The number of amides is 4. The summed E-state index contributed by atoms with van der Waals surface area (Å²) in [6.45, 7) is 2.77. The Hall–Kier alpha value is -3.13. The number of hydrogen-bond acceptors (Lipinski definition) is 5. The van der Waals surface area contributed by atoms with Crippen molar-refractivity contribution in [2.24, 2.45) is 0 Å². The summed E-state index contributed by atoms with van der Waals surface area (Å²) in [5.74, 6) is 0.581. The van der Waals surface area contributed by atoms with Crippen LogP contribution >= 0.6 is 11.6 Å². The maximum atomic E-state index is 12.7. The topological polar surface area (TPSA) is 85.8 Å². The van der Waals surface area contributed by atoms with Gasteiger partial charge in [-0.1, -0.05) is 35.9 Å². The van der Waals surface area contributed by atoms with E-state index in [0.29, 0.717) is 36.8 Å². The van der Waals surface area contributed by atoms with Gasteiger partial charge in [-0.15, -0.1) is 0 Å². The normalized spacial score (nSPS) is 19.0. The lowest BCUT2D eigenvalue weighted by Crippen LogP contribution is -2.49. The van der Waals surface area contributed by atoms with Crippen molar-refractivity contribution in [1.82, 2.24) is 20.1 Å². The molecule has 1 aromatic carbocycles. The quantitative estimate of drug-likeness (QED) is 0.695. The van der Waals surface area contributed by atoms with Gasteiger partial charge in [-0.25, -0.2) is 9.78 Å². The van der Waals surface area contributed by atoms with Gasteiger partial charge >= 0.3 is 6.03 Å². The number of carbonyl (C=O) groups is 3. The van der Waals surface area contributed by atoms with E-state index in [1.54, 1.807) is 24.4 Å². The number of carbonyl (C=O) groups excluding carboxylic acids is 3. The van der Waals surface area contributed by atoms with Crippen LogP contribution in [0, 0.1) is 0 Å². The van der Waals surface area contributed by atoms with Crippen molar-refractivity contribution in [2.75, 3.05) is 31.1 Å². The average Bonchev–Trinajstić information content (AvgIpc) is 3.07. The Labute approximate surface area is 185 Å². The van der Waals surface area contributed by atoms with Crippen LogP contribution in [0.3, 0.4) is 0 Å². The van der Waals surface area contributed by atoms with Crippen molar-refractivity contribution >= 4 is 35.3 Å². The number of aromatic nitrogens is 1. The van der Waals surface area contributed by atoms with Gasteiger partial charge < -0.3 is 15.1 Å².